The Hall–Kier alpha value is -4.54. The van der Waals surface area contributed by atoms with E-state index in [2.05, 4.69) is 0 Å². The lowest BCUT2D eigenvalue weighted by Crippen LogP contribution is -2.52. The van der Waals surface area contributed by atoms with E-state index in [0.717, 1.165) is 10.0 Å². The number of allylic oxidation sites excluding steroid dienone is 2. The molecule has 3 aromatic carbocycles. The topological polar surface area (TPSA) is 127 Å². The molecule has 3 aromatic rings. The molecule has 0 saturated carbocycles. The van der Waals surface area contributed by atoms with Crippen LogP contribution in [-0.2, 0) is 9.59 Å². The van der Waals surface area contributed by atoms with Crippen LogP contribution in [0.3, 0.4) is 0 Å². The Morgan fingerprint density at radius 1 is 0.952 bits per heavy atom. The molecule has 1 heterocycles. The summed E-state index contributed by atoms with van der Waals surface area (Å²) in [6.07, 6.45) is 4.07. The van der Waals surface area contributed by atoms with E-state index in [-0.39, 0.29) is 32.8 Å². The minimum Gasteiger partial charge on any atom is -0.457 e. The first-order valence-corrected chi connectivity index (χ1v) is 13.7. The predicted octanol–water partition coefficient (Wildman–Crippen LogP) is 6.13. The zero-order valence-electron chi connectivity index (χ0n) is 22.1. The first-order valence-electron chi connectivity index (χ1n) is 12.9. The van der Waals surface area contributed by atoms with Crippen LogP contribution in [0.1, 0.15) is 34.1 Å². The molecule has 1 aliphatic heterocycles. The number of carbonyl (C=O) groups excluding carboxylic acids is 4. The van der Waals surface area contributed by atoms with Gasteiger partial charge in [-0.1, -0.05) is 42.3 Å². The lowest BCUT2D eigenvalue weighted by molar-refractivity contribution is -0.384. The number of imide groups is 1. The summed E-state index contributed by atoms with van der Waals surface area (Å²) in [5.74, 6) is -3.16. The van der Waals surface area contributed by atoms with E-state index in [9.17, 15) is 29.3 Å². The summed E-state index contributed by atoms with van der Waals surface area (Å²) in [6, 6.07) is 15.6. The average Bonchev–Trinajstić information content (AvgIpc) is 3.23. The maximum atomic E-state index is 13.7. The van der Waals surface area contributed by atoms with Gasteiger partial charge in [-0.3, -0.25) is 29.3 Å². The van der Waals surface area contributed by atoms with Crippen molar-refractivity contribution in [3.63, 3.8) is 0 Å². The molecule has 5 rings (SSSR count). The lowest BCUT2D eigenvalue weighted by atomic mass is 9.78. The van der Waals surface area contributed by atoms with Gasteiger partial charge >= 0.3 is 0 Å². The third-order valence-corrected chi connectivity index (χ3v) is 7.98. The second-order valence-corrected chi connectivity index (χ2v) is 10.8. The second-order valence-electron chi connectivity index (χ2n) is 9.94. The van der Waals surface area contributed by atoms with Crippen LogP contribution in [-0.4, -0.2) is 45.0 Å². The fraction of sp³-hybridized carbons (Fsp3) is 0.200. The van der Waals surface area contributed by atoms with Crippen LogP contribution in [0.2, 0.25) is 10.0 Å². The molecule has 12 heteroatoms. The van der Waals surface area contributed by atoms with Gasteiger partial charge < -0.3 is 4.74 Å². The van der Waals surface area contributed by atoms with E-state index in [4.69, 9.17) is 27.9 Å². The van der Waals surface area contributed by atoms with Crippen LogP contribution in [0.5, 0.6) is 11.5 Å². The molecule has 42 heavy (non-hydrogen) atoms. The van der Waals surface area contributed by atoms with E-state index < -0.39 is 46.8 Å². The SMILES string of the molecule is C[C@@H]1C=CC[C@@H]2C(=O)N(N(CC(=O)c3ccc(Oc4ccc([N+](=O)[O-])cc4)cc3)C(=O)c3ccc(Cl)c(Cl)c3)C(=O)[C@@H]12. The molecular weight excluding hydrogens is 585 g/mol. The molecule has 0 N–H and O–H groups in total. The Labute approximate surface area is 250 Å². The number of hydrogen-bond donors (Lipinski definition) is 0. The molecule has 0 spiro atoms. The molecule has 1 aliphatic carbocycles. The van der Waals surface area contributed by atoms with Crippen LogP contribution in [0.25, 0.3) is 0 Å². The molecule has 10 nitrogen and oxygen atoms in total. The third kappa shape index (κ3) is 5.63. The average molecular weight is 608 g/mol. The molecule has 1 saturated heterocycles. The van der Waals surface area contributed by atoms with Crippen molar-refractivity contribution in [3.05, 3.63) is 110 Å². The van der Waals surface area contributed by atoms with Gasteiger partial charge in [0.2, 0.25) is 0 Å². The number of ketones is 1. The van der Waals surface area contributed by atoms with Crippen molar-refractivity contribution in [2.75, 3.05) is 6.54 Å². The molecule has 3 amide bonds. The summed E-state index contributed by atoms with van der Waals surface area (Å²) in [6.45, 7) is 1.24. The van der Waals surface area contributed by atoms with E-state index in [1.165, 1.54) is 66.7 Å². The molecule has 0 aromatic heterocycles. The molecule has 214 valence electrons. The number of nitro benzene ring substituents is 1. The largest absolute Gasteiger partial charge is 0.457 e. The number of non-ortho nitro benzene ring substituents is 1. The molecule has 0 radical (unpaired) electrons. The molecule has 1 fully saturated rings. The van der Waals surface area contributed by atoms with Crippen LogP contribution in [0.4, 0.5) is 5.69 Å². The number of hydrogen-bond acceptors (Lipinski definition) is 7. The van der Waals surface area contributed by atoms with Crippen molar-refractivity contribution >= 4 is 52.4 Å². The van der Waals surface area contributed by atoms with Crippen LogP contribution in [0.15, 0.2) is 78.9 Å². The van der Waals surface area contributed by atoms with Crippen molar-refractivity contribution in [2.45, 2.75) is 13.3 Å². The molecule has 2 aliphatic rings. The summed E-state index contributed by atoms with van der Waals surface area (Å²) in [7, 11) is 0. The third-order valence-electron chi connectivity index (χ3n) is 7.24. The highest BCUT2D eigenvalue weighted by atomic mass is 35.5. The molecule has 0 bridgehead atoms. The standard InChI is InChI=1S/C30H23Cl2N3O7/c1-17-3-2-4-23-27(17)30(39)34(29(23)38)33(28(37)19-7-14-24(31)25(32)15-19)16-26(36)18-5-10-21(11-6-18)42-22-12-8-20(9-13-22)35(40)41/h2-3,5-15,17,23,27H,4,16H2,1H3/t17-,23+,27+/m1/s1. The Balaban J connectivity index is 1.39. The number of fused-ring (bicyclic) bond motifs is 1. The van der Waals surface area contributed by atoms with Crippen LogP contribution in [0, 0.1) is 27.9 Å². The number of halogens is 2. The number of ether oxygens (including phenoxy) is 1. The Morgan fingerprint density at radius 2 is 1.57 bits per heavy atom. The highest BCUT2D eigenvalue weighted by Crippen LogP contribution is 2.39. The van der Waals surface area contributed by atoms with Gasteiger partial charge in [0.25, 0.3) is 23.4 Å². The first kappa shape index (κ1) is 29.0. The summed E-state index contributed by atoms with van der Waals surface area (Å²) in [5, 5.41) is 12.8. The maximum absolute atomic E-state index is 13.7. The van der Waals surface area contributed by atoms with Crippen molar-refractivity contribution in [1.29, 1.82) is 0 Å². The van der Waals surface area contributed by atoms with Gasteiger partial charge in [0.05, 0.1) is 26.8 Å². The van der Waals surface area contributed by atoms with E-state index in [1.54, 1.807) is 0 Å². The zero-order valence-corrected chi connectivity index (χ0v) is 23.6. The van der Waals surface area contributed by atoms with E-state index in [0.29, 0.717) is 17.9 Å². The van der Waals surface area contributed by atoms with Crippen LogP contribution >= 0.6 is 23.2 Å². The number of benzene rings is 3. The summed E-state index contributed by atoms with van der Waals surface area (Å²) in [4.78, 5) is 64.4. The number of Topliss-reactive ketones (excluding diaryl/α,β-unsaturated/α-hetero) is 1. The number of nitrogens with zero attached hydrogens (tertiary/aromatic N) is 3. The fourth-order valence-corrected chi connectivity index (χ4v) is 5.39. The first-order chi connectivity index (χ1) is 20.0. The van der Waals surface area contributed by atoms with E-state index in [1.807, 2.05) is 19.1 Å². The maximum Gasteiger partial charge on any atom is 0.273 e. The quantitative estimate of drug-likeness (QED) is 0.0990. The van der Waals surface area contributed by atoms with Gasteiger partial charge in [-0.25, -0.2) is 5.01 Å². The molecule has 0 unspecified atom stereocenters. The predicted molar refractivity (Wildman–Crippen MR) is 153 cm³/mol. The van der Waals surface area contributed by atoms with Crippen LogP contribution < -0.4 is 4.74 Å². The van der Waals surface area contributed by atoms with Gasteiger partial charge in [0.1, 0.15) is 18.0 Å². The van der Waals surface area contributed by atoms with Gasteiger partial charge in [-0.15, -0.1) is 0 Å². The number of nitro groups is 1. The van der Waals surface area contributed by atoms with Gasteiger partial charge in [-0.05, 0) is 66.9 Å². The smallest absolute Gasteiger partial charge is 0.273 e. The van der Waals surface area contributed by atoms with Gasteiger partial charge in [0, 0.05) is 23.3 Å². The number of amides is 3. The van der Waals surface area contributed by atoms with Crippen molar-refractivity contribution < 1.29 is 28.8 Å². The number of carbonyl (C=O) groups is 4. The summed E-state index contributed by atoms with van der Waals surface area (Å²) < 4.78 is 5.69. The number of hydrazine groups is 1. The molecule has 3 atom stereocenters. The Morgan fingerprint density at radius 3 is 2.17 bits per heavy atom. The van der Waals surface area contributed by atoms with Crippen molar-refractivity contribution in [2.24, 2.45) is 17.8 Å². The van der Waals surface area contributed by atoms with E-state index >= 15 is 0 Å². The fourth-order valence-electron chi connectivity index (χ4n) is 5.09. The normalized spacial score (nSPS) is 19.4. The minimum absolute atomic E-state index is 0.0469. The van der Waals surface area contributed by atoms with Gasteiger partial charge in [0.15, 0.2) is 5.78 Å². The van der Waals surface area contributed by atoms with Crippen molar-refractivity contribution in [1.82, 2.24) is 10.0 Å². The Bertz CT molecular complexity index is 1620. The molecular formula is C30H23Cl2N3O7. The minimum atomic E-state index is -0.763. The highest BCUT2D eigenvalue weighted by Gasteiger charge is 2.53. The van der Waals surface area contributed by atoms with Crippen molar-refractivity contribution in [3.8, 4) is 11.5 Å². The monoisotopic (exact) mass is 607 g/mol. The number of rotatable bonds is 8. The van der Waals surface area contributed by atoms with Gasteiger partial charge in [-0.2, -0.15) is 5.01 Å². The Kier molecular flexibility index (Phi) is 8.11. The summed E-state index contributed by atoms with van der Waals surface area (Å²) in [5.41, 5.74) is 0.165. The highest BCUT2D eigenvalue weighted by molar-refractivity contribution is 6.42. The lowest BCUT2D eigenvalue weighted by Gasteiger charge is -2.30. The summed E-state index contributed by atoms with van der Waals surface area (Å²) >= 11 is 12.1. The second kappa shape index (κ2) is 11.8. The zero-order chi connectivity index (χ0) is 30.1.